The number of fused-ring (bicyclic) bond motifs is 1. The number of carbonyl (C=O) groups excluding carboxylic acids is 2. The maximum atomic E-state index is 12.8. The molecule has 208 valence electrons. The van der Waals surface area contributed by atoms with E-state index in [2.05, 4.69) is 9.88 Å². The largest absolute Gasteiger partial charge is 0.457 e. The van der Waals surface area contributed by atoms with Gasteiger partial charge < -0.3 is 25.0 Å². The molecule has 0 bridgehead atoms. The highest BCUT2D eigenvalue weighted by Crippen LogP contribution is 2.32. The van der Waals surface area contributed by atoms with Crippen molar-refractivity contribution in [3.8, 4) is 17.2 Å². The molecule has 40 heavy (non-hydrogen) atoms. The van der Waals surface area contributed by atoms with Gasteiger partial charge in [-0.3, -0.25) is 9.78 Å². The first-order valence-corrected chi connectivity index (χ1v) is 13.3. The van der Waals surface area contributed by atoms with Gasteiger partial charge in [0.1, 0.15) is 28.1 Å². The Hall–Kier alpha value is -4.60. The Labute approximate surface area is 233 Å². The van der Waals surface area contributed by atoms with E-state index in [1.807, 2.05) is 95.3 Å². The second-order valence-corrected chi connectivity index (χ2v) is 11.0. The highest BCUT2D eigenvalue weighted by Gasteiger charge is 2.36. The zero-order chi connectivity index (χ0) is 28.6. The van der Waals surface area contributed by atoms with E-state index in [1.54, 1.807) is 11.1 Å². The number of para-hydroxylation sites is 1. The van der Waals surface area contributed by atoms with E-state index in [0.29, 0.717) is 35.6 Å². The number of piperazine rings is 1. The summed E-state index contributed by atoms with van der Waals surface area (Å²) in [5.41, 5.74) is 7.91. The molecule has 0 aliphatic carbocycles. The third-order valence-corrected chi connectivity index (χ3v) is 6.76. The summed E-state index contributed by atoms with van der Waals surface area (Å²) in [4.78, 5) is 33.9. The van der Waals surface area contributed by atoms with Crippen LogP contribution in [0.2, 0.25) is 0 Å². The molecule has 2 aromatic carbocycles. The monoisotopic (exact) mass is 542 g/mol. The zero-order valence-electron chi connectivity index (χ0n) is 23.4. The molecule has 5 rings (SSSR count). The van der Waals surface area contributed by atoms with Crippen LogP contribution < -0.4 is 15.4 Å². The molecule has 3 heterocycles. The molecule has 0 saturated carbocycles. The molecule has 2 aromatic heterocycles. The summed E-state index contributed by atoms with van der Waals surface area (Å²) in [6.45, 7) is 10.7. The minimum atomic E-state index is -0.632. The van der Waals surface area contributed by atoms with Crippen molar-refractivity contribution in [2.24, 2.45) is 5.73 Å². The second-order valence-electron chi connectivity index (χ2n) is 11.0. The maximum Gasteiger partial charge on any atom is 0.410 e. The van der Waals surface area contributed by atoms with Gasteiger partial charge in [-0.15, -0.1) is 0 Å². The van der Waals surface area contributed by atoms with Gasteiger partial charge >= 0.3 is 6.09 Å². The van der Waals surface area contributed by atoms with E-state index in [9.17, 15) is 9.59 Å². The molecule has 4 aromatic rings. The Morgan fingerprint density at radius 2 is 1.57 bits per heavy atom. The first kappa shape index (κ1) is 27.0. The molecule has 1 aliphatic rings. The van der Waals surface area contributed by atoms with Gasteiger partial charge in [-0.2, -0.15) is 5.10 Å². The van der Waals surface area contributed by atoms with Gasteiger partial charge in [0, 0.05) is 31.4 Å². The van der Waals surface area contributed by atoms with Crippen molar-refractivity contribution in [1.29, 1.82) is 0 Å². The van der Waals surface area contributed by atoms with E-state index in [0.717, 1.165) is 11.4 Å². The number of carbonyl (C=O) groups is 2. The van der Waals surface area contributed by atoms with E-state index in [1.165, 1.54) is 4.68 Å². The summed E-state index contributed by atoms with van der Waals surface area (Å²) >= 11 is 0. The number of benzene rings is 2. The number of nitrogens with zero attached hydrogens (tertiary/aromatic N) is 5. The number of rotatable bonds is 5. The van der Waals surface area contributed by atoms with Crippen molar-refractivity contribution in [3.63, 3.8) is 0 Å². The van der Waals surface area contributed by atoms with Crippen LogP contribution in [0.5, 0.6) is 11.5 Å². The number of aromatic nitrogens is 3. The third-order valence-electron chi connectivity index (χ3n) is 6.76. The van der Waals surface area contributed by atoms with Crippen molar-refractivity contribution < 1.29 is 19.1 Å². The van der Waals surface area contributed by atoms with Crippen LogP contribution in [0.4, 0.5) is 10.5 Å². The van der Waals surface area contributed by atoms with Crippen LogP contribution >= 0.6 is 0 Å². The summed E-state index contributed by atoms with van der Waals surface area (Å²) in [6, 6.07) is 18.5. The van der Waals surface area contributed by atoms with Gasteiger partial charge in [-0.1, -0.05) is 18.2 Å². The average Bonchev–Trinajstić information content (AvgIpc) is 3.30. The van der Waals surface area contributed by atoms with Crippen LogP contribution in [0.1, 0.15) is 45.1 Å². The molecule has 2 atom stereocenters. The van der Waals surface area contributed by atoms with E-state index in [4.69, 9.17) is 20.3 Å². The van der Waals surface area contributed by atoms with E-state index >= 15 is 0 Å². The predicted octanol–water partition coefficient (Wildman–Crippen LogP) is 5.15. The normalized spacial score (nSPS) is 17.6. The van der Waals surface area contributed by atoms with Crippen LogP contribution in [-0.2, 0) is 4.74 Å². The van der Waals surface area contributed by atoms with Gasteiger partial charge in [-0.25, -0.2) is 9.48 Å². The first-order valence-electron chi connectivity index (χ1n) is 13.3. The van der Waals surface area contributed by atoms with Crippen LogP contribution in [-0.4, -0.2) is 62.4 Å². The number of anilines is 1. The second kappa shape index (κ2) is 10.5. The van der Waals surface area contributed by atoms with Crippen LogP contribution in [0, 0.1) is 0 Å². The number of ether oxygens (including phenoxy) is 2. The van der Waals surface area contributed by atoms with Crippen LogP contribution in [0.3, 0.4) is 0 Å². The molecule has 2 amide bonds. The number of pyridine rings is 1. The van der Waals surface area contributed by atoms with Crippen molar-refractivity contribution >= 4 is 28.7 Å². The van der Waals surface area contributed by atoms with Gasteiger partial charge in [-0.05, 0) is 77.1 Å². The van der Waals surface area contributed by atoms with Gasteiger partial charge in [0.05, 0.1) is 11.4 Å². The van der Waals surface area contributed by atoms with E-state index < -0.39 is 11.5 Å². The fraction of sp³-hybridized carbons (Fsp3) is 0.333. The number of primary amides is 1. The zero-order valence-corrected chi connectivity index (χ0v) is 23.4. The molecular weight excluding hydrogens is 508 g/mol. The molecule has 0 unspecified atom stereocenters. The fourth-order valence-corrected chi connectivity index (χ4v) is 4.92. The summed E-state index contributed by atoms with van der Waals surface area (Å²) in [5.74, 6) is 0.742. The standard InChI is InChI=1S/C30H34N6O4/c1-19-18-35(29(38)40-30(3,4)5)20(2)17-34(19)24-15-16-32-26-25(24)33-36(27(26)28(31)37)21-11-13-23(14-12-21)39-22-9-7-6-8-10-22/h6-16,19-20H,17-18H2,1-5H3,(H2,31,37)/t19-,20+/m0/s1. The molecule has 0 spiro atoms. The van der Waals surface area contributed by atoms with Gasteiger partial charge in [0.2, 0.25) is 0 Å². The van der Waals surface area contributed by atoms with Crippen molar-refractivity contribution in [2.45, 2.75) is 52.3 Å². The number of nitrogens with two attached hydrogens (primary N) is 1. The lowest BCUT2D eigenvalue weighted by Gasteiger charge is -2.45. The fourth-order valence-electron chi connectivity index (χ4n) is 4.92. The maximum absolute atomic E-state index is 12.8. The Balaban J connectivity index is 1.47. The first-order chi connectivity index (χ1) is 19.0. The number of hydrogen-bond donors (Lipinski definition) is 1. The Morgan fingerprint density at radius 1 is 0.900 bits per heavy atom. The lowest BCUT2D eigenvalue weighted by atomic mass is 10.1. The van der Waals surface area contributed by atoms with E-state index in [-0.39, 0.29) is 23.9 Å². The summed E-state index contributed by atoms with van der Waals surface area (Å²) < 4.78 is 13.1. The van der Waals surface area contributed by atoms with Crippen LogP contribution in [0.25, 0.3) is 16.7 Å². The quantitative estimate of drug-likeness (QED) is 0.371. The molecule has 2 N–H and O–H groups in total. The number of amides is 2. The topological polar surface area (TPSA) is 116 Å². The lowest BCUT2D eigenvalue weighted by Crippen LogP contribution is -2.59. The molecule has 1 saturated heterocycles. The molecule has 1 fully saturated rings. The average molecular weight is 543 g/mol. The van der Waals surface area contributed by atoms with Crippen molar-refractivity contribution in [3.05, 3.63) is 72.6 Å². The number of hydrogen-bond acceptors (Lipinski definition) is 7. The minimum absolute atomic E-state index is 0.0362. The molecule has 1 aliphatic heterocycles. The van der Waals surface area contributed by atoms with Crippen LogP contribution in [0.15, 0.2) is 66.9 Å². The Bertz CT molecular complexity index is 1530. The molecule has 10 nitrogen and oxygen atoms in total. The SMILES string of the molecule is C[C@@H]1CN(c2ccnc3c(C(N)=O)n(-c4ccc(Oc5ccccc5)cc4)nc23)[C@@H](C)CN1C(=O)OC(C)(C)C. The summed E-state index contributed by atoms with van der Waals surface area (Å²) in [5, 5.41) is 4.82. The summed E-state index contributed by atoms with van der Waals surface area (Å²) in [6.07, 6.45) is 1.33. The third kappa shape index (κ3) is 5.42. The highest BCUT2D eigenvalue weighted by atomic mass is 16.6. The Morgan fingerprint density at radius 3 is 2.23 bits per heavy atom. The van der Waals surface area contributed by atoms with Crippen molar-refractivity contribution in [1.82, 2.24) is 19.7 Å². The Kier molecular flexibility index (Phi) is 7.10. The molecule has 10 heteroatoms. The van der Waals surface area contributed by atoms with Crippen molar-refractivity contribution in [2.75, 3.05) is 18.0 Å². The molecule has 0 radical (unpaired) electrons. The van der Waals surface area contributed by atoms with Gasteiger partial charge in [0.25, 0.3) is 5.91 Å². The summed E-state index contributed by atoms with van der Waals surface area (Å²) in [7, 11) is 0. The minimum Gasteiger partial charge on any atom is -0.457 e. The molecular formula is C30H34N6O4. The van der Waals surface area contributed by atoms with Gasteiger partial charge in [0.15, 0.2) is 5.69 Å². The lowest BCUT2D eigenvalue weighted by molar-refractivity contribution is 0.0130. The predicted molar refractivity (Wildman–Crippen MR) is 153 cm³/mol. The highest BCUT2D eigenvalue weighted by molar-refractivity contribution is 6.06. The smallest absolute Gasteiger partial charge is 0.410 e.